The summed E-state index contributed by atoms with van der Waals surface area (Å²) < 4.78 is 0. The molecule has 0 N–H and O–H groups in total. The molecule has 1 aliphatic rings. The SMILES string of the molecule is CC(=O)N1C[C@H](C)c2cc(SCc3ccccc3)cc([N+](=O)[O-])c21. The molecule has 1 amide bonds. The third kappa shape index (κ3) is 3.14. The number of rotatable bonds is 4. The first-order chi connectivity index (χ1) is 11.5. The highest BCUT2D eigenvalue weighted by molar-refractivity contribution is 7.98. The van der Waals surface area contributed by atoms with Crippen molar-refractivity contribution in [2.24, 2.45) is 0 Å². The maximum atomic E-state index is 11.8. The Hall–Kier alpha value is -2.34. The van der Waals surface area contributed by atoms with Crippen LogP contribution in [-0.4, -0.2) is 17.4 Å². The van der Waals surface area contributed by atoms with E-state index in [0.717, 1.165) is 16.2 Å². The van der Waals surface area contributed by atoms with Crippen molar-refractivity contribution in [3.8, 4) is 0 Å². The van der Waals surface area contributed by atoms with E-state index < -0.39 is 0 Å². The molecule has 124 valence electrons. The molecule has 1 aliphatic heterocycles. The number of nitro benzene ring substituents is 1. The highest BCUT2D eigenvalue weighted by Crippen LogP contribution is 2.45. The summed E-state index contributed by atoms with van der Waals surface area (Å²) in [5.74, 6) is 0.690. The molecule has 0 fully saturated rings. The molecule has 0 saturated carbocycles. The van der Waals surface area contributed by atoms with E-state index >= 15 is 0 Å². The zero-order valence-corrected chi connectivity index (χ0v) is 14.4. The van der Waals surface area contributed by atoms with E-state index in [9.17, 15) is 14.9 Å². The van der Waals surface area contributed by atoms with E-state index in [2.05, 4.69) is 0 Å². The third-order valence-electron chi connectivity index (χ3n) is 4.18. The van der Waals surface area contributed by atoms with Crippen LogP contribution in [-0.2, 0) is 10.5 Å². The molecule has 0 bridgehead atoms. The van der Waals surface area contributed by atoms with Crippen molar-refractivity contribution in [3.05, 3.63) is 63.7 Å². The van der Waals surface area contributed by atoms with Gasteiger partial charge in [0.25, 0.3) is 5.69 Å². The smallest absolute Gasteiger partial charge is 0.294 e. The average molecular weight is 342 g/mol. The van der Waals surface area contributed by atoms with Gasteiger partial charge in [0, 0.05) is 36.1 Å². The number of carbonyl (C=O) groups excluding carboxylic acids is 1. The van der Waals surface area contributed by atoms with Crippen LogP contribution in [0.2, 0.25) is 0 Å². The van der Waals surface area contributed by atoms with Crippen molar-refractivity contribution in [2.45, 2.75) is 30.4 Å². The van der Waals surface area contributed by atoms with E-state index in [1.165, 1.54) is 17.4 Å². The van der Waals surface area contributed by atoms with E-state index in [4.69, 9.17) is 0 Å². The molecule has 1 heterocycles. The van der Waals surface area contributed by atoms with Gasteiger partial charge in [0.2, 0.25) is 5.91 Å². The lowest BCUT2D eigenvalue weighted by molar-refractivity contribution is -0.384. The molecule has 0 saturated heterocycles. The quantitative estimate of drug-likeness (QED) is 0.470. The molecule has 0 radical (unpaired) electrons. The van der Waals surface area contributed by atoms with Gasteiger partial charge in [-0.25, -0.2) is 0 Å². The van der Waals surface area contributed by atoms with Gasteiger partial charge < -0.3 is 4.90 Å². The molecular weight excluding hydrogens is 324 g/mol. The Labute approximate surface area is 144 Å². The van der Waals surface area contributed by atoms with E-state index in [-0.39, 0.29) is 22.4 Å². The predicted molar refractivity (Wildman–Crippen MR) is 95.5 cm³/mol. The van der Waals surface area contributed by atoms with Crippen LogP contribution in [0.4, 0.5) is 11.4 Å². The normalized spacial score (nSPS) is 16.1. The minimum absolute atomic E-state index is 0.0163. The van der Waals surface area contributed by atoms with Crippen LogP contribution in [0.15, 0.2) is 47.4 Å². The number of benzene rings is 2. The monoisotopic (exact) mass is 342 g/mol. The molecule has 24 heavy (non-hydrogen) atoms. The Bertz CT molecular complexity index is 792. The van der Waals surface area contributed by atoms with Crippen molar-refractivity contribution in [2.75, 3.05) is 11.4 Å². The second-order valence-corrected chi connectivity index (χ2v) is 6.99. The van der Waals surface area contributed by atoms with Crippen molar-refractivity contribution >= 4 is 29.0 Å². The average Bonchev–Trinajstić information content (AvgIpc) is 2.90. The summed E-state index contributed by atoms with van der Waals surface area (Å²) in [6.45, 7) is 3.94. The minimum atomic E-state index is -0.389. The summed E-state index contributed by atoms with van der Waals surface area (Å²) in [7, 11) is 0. The van der Waals surface area contributed by atoms with Crippen molar-refractivity contribution in [1.82, 2.24) is 0 Å². The molecule has 3 rings (SSSR count). The molecule has 2 aromatic carbocycles. The fourth-order valence-electron chi connectivity index (χ4n) is 3.00. The van der Waals surface area contributed by atoms with Crippen LogP contribution in [0.3, 0.4) is 0 Å². The van der Waals surface area contributed by atoms with Gasteiger partial charge in [0.05, 0.1) is 4.92 Å². The Morgan fingerprint density at radius 1 is 1.33 bits per heavy atom. The first-order valence-corrected chi connectivity index (χ1v) is 8.73. The third-order valence-corrected chi connectivity index (χ3v) is 5.22. The molecule has 5 nitrogen and oxygen atoms in total. The standard InChI is InChI=1S/C18H18N2O3S/c1-12-10-19(13(2)21)18-16(12)8-15(9-17(18)20(22)23)24-11-14-6-4-3-5-7-14/h3-9,12H,10-11H2,1-2H3/t12-/m0/s1. The van der Waals surface area contributed by atoms with Crippen molar-refractivity contribution in [3.63, 3.8) is 0 Å². The first-order valence-electron chi connectivity index (χ1n) is 7.74. The summed E-state index contributed by atoms with van der Waals surface area (Å²) in [6.07, 6.45) is 0. The van der Waals surface area contributed by atoms with Crippen molar-refractivity contribution < 1.29 is 9.72 Å². The second-order valence-electron chi connectivity index (χ2n) is 5.94. The number of carbonyl (C=O) groups is 1. The molecule has 0 aromatic heterocycles. The fraction of sp³-hybridized carbons (Fsp3) is 0.278. The fourth-order valence-corrected chi connectivity index (χ4v) is 3.93. The van der Waals surface area contributed by atoms with Crippen LogP contribution in [0.1, 0.15) is 30.9 Å². The van der Waals surface area contributed by atoms with Crippen LogP contribution in [0.25, 0.3) is 0 Å². The lowest BCUT2D eigenvalue weighted by Crippen LogP contribution is -2.27. The van der Waals surface area contributed by atoms with Gasteiger partial charge in [-0.2, -0.15) is 0 Å². The van der Waals surface area contributed by atoms with Crippen molar-refractivity contribution in [1.29, 1.82) is 0 Å². The zero-order valence-electron chi connectivity index (χ0n) is 13.6. The molecule has 0 spiro atoms. The van der Waals surface area contributed by atoms with Crippen LogP contribution in [0, 0.1) is 10.1 Å². The predicted octanol–water partition coefficient (Wildman–Crippen LogP) is 4.36. The number of anilines is 1. The summed E-state index contributed by atoms with van der Waals surface area (Å²) in [6, 6.07) is 13.6. The Morgan fingerprint density at radius 3 is 2.67 bits per heavy atom. The van der Waals surface area contributed by atoms with E-state index in [1.54, 1.807) is 17.8 Å². The minimum Gasteiger partial charge on any atom is -0.306 e. The van der Waals surface area contributed by atoms with Gasteiger partial charge in [0.15, 0.2) is 0 Å². The molecule has 0 aliphatic carbocycles. The highest BCUT2D eigenvalue weighted by Gasteiger charge is 2.35. The lowest BCUT2D eigenvalue weighted by Gasteiger charge is -2.15. The summed E-state index contributed by atoms with van der Waals surface area (Å²) >= 11 is 1.57. The maximum absolute atomic E-state index is 11.8. The van der Waals surface area contributed by atoms with Crippen LogP contribution in [0.5, 0.6) is 0 Å². The zero-order chi connectivity index (χ0) is 17.3. The van der Waals surface area contributed by atoms with Crippen LogP contribution >= 0.6 is 11.8 Å². The summed E-state index contributed by atoms with van der Waals surface area (Å²) in [5, 5.41) is 11.5. The molecular formula is C18H18N2O3S. The van der Waals surface area contributed by atoms with E-state index in [0.29, 0.717) is 12.2 Å². The number of nitrogens with zero attached hydrogens (tertiary/aromatic N) is 2. The van der Waals surface area contributed by atoms with Crippen LogP contribution < -0.4 is 4.90 Å². The van der Waals surface area contributed by atoms with Gasteiger partial charge >= 0.3 is 0 Å². The van der Waals surface area contributed by atoms with Gasteiger partial charge in [0.1, 0.15) is 5.69 Å². The first kappa shape index (κ1) is 16.5. The number of nitro groups is 1. The van der Waals surface area contributed by atoms with Gasteiger partial charge in [-0.3, -0.25) is 14.9 Å². The molecule has 6 heteroatoms. The van der Waals surface area contributed by atoms with Gasteiger partial charge in [-0.15, -0.1) is 11.8 Å². The molecule has 0 unspecified atom stereocenters. The number of thioether (sulfide) groups is 1. The summed E-state index contributed by atoms with van der Waals surface area (Å²) in [5.41, 5.74) is 2.53. The Morgan fingerprint density at radius 2 is 2.04 bits per heavy atom. The Kier molecular flexibility index (Phi) is 4.57. The second kappa shape index (κ2) is 6.65. The number of fused-ring (bicyclic) bond motifs is 1. The van der Waals surface area contributed by atoms with Gasteiger partial charge in [-0.1, -0.05) is 37.3 Å². The highest BCUT2D eigenvalue weighted by atomic mass is 32.2. The number of hydrogen-bond acceptors (Lipinski definition) is 4. The number of hydrogen-bond donors (Lipinski definition) is 0. The van der Waals surface area contributed by atoms with Gasteiger partial charge in [-0.05, 0) is 17.2 Å². The summed E-state index contributed by atoms with van der Waals surface area (Å²) in [4.78, 5) is 25.3. The topological polar surface area (TPSA) is 63.5 Å². The largest absolute Gasteiger partial charge is 0.306 e. The molecule has 2 aromatic rings. The number of amides is 1. The molecule has 1 atom stereocenters. The lowest BCUT2D eigenvalue weighted by atomic mass is 10.0. The maximum Gasteiger partial charge on any atom is 0.294 e. The Balaban J connectivity index is 1.96. The van der Waals surface area contributed by atoms with E-state index in [1.807, 2.05) is 43.3 Å².